The van der Waals surface area contributed by atoms with Gasteiger partial charge in [0.25, 0.3) is 0 Å². The normalized spacial score (nSPS) is 17.1. The van der Waals surface area contributed by atoms with E-state index in [0.717, 1.165) is 36.3 Å². The van der Waals surface area contributed by atoms with Gasteiger partial charge < -0.3 is 14.2 Å². The van der Waals surface area contributed by atoms with Gasteiger partial charge in [0, 0.05) is 18.6 Å². The Balaban J connectivity index is 1.45. The maximum Gasteiger partial charge on any atom is 0.338 e. The molecule has 0 bridgehead atoms. The number of ether oxygens (including phenoxy) is 3. The maximum atomic E-state index is 12.9. The topological polar surface area (TPSA) is 61.8 Å². The van der Waals surface area contributed by atoms with E-state index in [1.807, 2.05) is 36.4 Å². The second kappa shape index (κ2) is 12.4. The van der Waals surface area contributed by atoms with Gasteiger partial charge in [-0.15, -0.1) is 0 Å². The molecule has 32 heavy (non-hydrogen) atoms. The lowest BCUT2D eigenvalue weighted by Gasteiger charge is -2.07. The number of rotatable bonds is 14. The maximum absolute atomic E-state index is 12.9. The molecule has 2 atom stereocenters. The molecule has 1 aliphatic rings. The molecule has 2 unspecified atom stereocenters. The van der Waals surface area contributed by atoms with Crippen LogP contribution in [-0.4, -0.2) is 38.7 Å². The fraction of sp³-hybridized carbons (Fsp3) is 0.481. The molecule has 0 aromatic heterocycles. The summed E-state index contributed by atoms with van der Waals surface area (Å²) < 4.78 is 15.8. The van der Waals surface area contributed by atoms with E-state index in [9.17, 15) is 9.59 Å². The number of carbonyl (C=O) groups excluding carboxylic acids is 2. The number of hydrogen-bond donors (Lipinski definition) is 0. The molecule has 0 aliphatic heterocycles. The molecule has 5 heteroatoms. The summed E-state index contributed by atoms with van der Waals surface area (Å²) in [5.74, 6) is 0.835. The smallest absolute Gasteiger partial charge is 0.338 e. The summed E-state index contributed by atoms with van der Waals surface area (Å²) in [5.41, 5.74) is 2.32. The number of esters is 1. The van der Waals surface area contributed by atoms with Gasteiger partial charge >= 0.3 is 5.97 Å². The number of benzene rings is 2. The van der Waals surface area contributed by atoms with Crippen molar-refractivity contribution in [2.45, 2.75) is 51.4 Å². The Kier molecular flexibility index (Phi) is 9.29. The van der Waals surface area contributed by atoms with Crippen LogP contribution in [0.15, 0.2) is 48.5 Å². The number of unbranched alkanes of at least 4 members (excludes halogenated alkanes) is 4. The van der Waals surface area contributed by atoms with Crippen LogP contribution in [0.2, 0.25) is 0 Å². The first kappa shape index (κ1) is 24.0. The quantitative estimate of drug-likeness (QED) is 0.211. The summed E-state index contributed by atoms with van der Waals surface area (Å²) in [5, 5.41) is 0. The Morgan fingerprint density at radius 2 is 1.53 bits per heavy atom. The van der Waals surface area contributed by atoms with Gasteiger partial charge in [0.15, 0.2) is 5.78 Å². The van der Waals surface area contributed by atoms with E-state index in [2.05, 4.69) is 6.92 Å². The number of methoxy groups -OCH3 is 1. The molecule has 5 nitrogen and oxygen atoms in total. The zero-order valence-electron chi connectivity index (χ0n) is 19.2. The molecule has 0 spiro atoms. The van der Waals surface area contributed by atoms with Crippen molar-refractivity contribution in [3.05, 3.63) is 65.2 Å². The lowest BCUT2D eigenvalue weighted by Crippen LogP contribution is -2.09. The van der Waals surface area contributed by atoms with Crippen molar-refractivity contribution in [1.29, 1.82) is 0 Å². The lowest BCUT2D eigenvalue weighted by atomic mass is 10.0. The van der Waals surface area contributed by atoms with Crippen molar-refractivity contribution < 1.29 is 23.8 Å². The molecule has 0 radical (unpaired) electrons. The van der Waals surface area contributed by atoms with Crippen molar-refractivity contribution in [3.63, 3.8) is 0 Å². The Bertz CT molecular complexity index is 857. The van der Waals surface area contributed by atoms with Gasteiger partial charge in [-0.1, -0.05) is 44.7 Å². The van der Waals surface area contributed by atoms with Crippen molar-refractivity contribution in [3.8, 4) is 5.75 Å². The van der Waals surface area contributed by atoms with Gasteiger partial charge in [-0.2, -0.15) is 0 Å². The molecule has 1 saturated carbocycles. The highest BCUT2D eigenvalue weighted by Crippen LogP contribution is 2.49. The third kappa shape index (κ3) is 6.92. The third-order valence-corrected chi connectivity index (χ3v) is 5.88. The van der Waals surface area contributed by atoms with Crippen LogP contribution in [0.3, 0.4) is 0 Å². The molecule has 3 rings (SSSR count). The summed E-state index contributed by atoms with van der Waals surface area (Å²) >= 11 is 0. The Labute approximate surface area is 191 Å². The summed E-state index contributed by atoms with van der Waals surface area (Å²) in [6.07, 6.45) is 6.89. The van der Waals surface area contributed by atoms with E-state index in [4.69, 9.17) is 14.2 Å². The SMILES string of the molecule is CCCCCCCOc1ccc(C(=O)C2CC2c2ccc(C(=O)OCCOC)cc2)cc1. The second-order valence-electron chi connectivity index (χ2n) is 8.35. The number of ketones is 1. The second-order valence-corrected chi connectivity index (χ2v) is 8.35. The van der Waals surface area contributed by atoms with Gasteiger partial charge in [-0.3, -0.25) is 4.79 Å². The molecule has 0 N–H and O–H groups in total. The minimum absolute atomic E-state index is 0.000150. The highest BCUT2D eigenvalue weighted by molar-refractivity contribution is 6.00. The van der Waals surface area contributed by atoms with E-state index in [1.54, 1.807) is 19.2 Å². The van der Waals surface area contributed by atoms with Crippen LogP contribution in [0, 0.1) is 5.92 Å². The van der Waals surface area contributed by atoms with E-state index < -0.39 is 0 Å². The molecule has 172 valence electrons. The number of hydrogen-bond acceptors (Lipinski definition) is 5. The van der Waals surface area contributed by atoms with Crippen LogP contribution in [0.1, 0.15) is 77.6 Å². The summed E-state index contributed by atoms with van der Waals surface area (Å²) in [6, 6.07) is 14.9. The molecular weight excluding hydrogens is 404 g/mol. The standard InChI is InChI=1S/C27H34O5/c1-3-4-5-6-7-16-31-23-14-12-21(13-15-23)26(28)25-19-24(25)20-8-10-22(11-9-20)27(29)32-18-17-30-2/h8-15,24-25H,3-7,16-19H2,1-2H3. The van der Waals surface area contributed by atoms with Gasteiger partial charge in [-0.25, -0.2) is 4.79 Å². The first-order valence-corrected chi connectivity index (χ1v) is 11.7. The van der Waals surface area contributed by atoms with Crippen LogP contribution in [0.4, 0.5) is 0 Å². The Morgan fingerprint density at radius 1 is 0.844 bits per heavy atom. The van der Waals surface area contributed by atoms with E-state index in [1.165, 1.54) is 25.7 Å². The predicted octanol–water partition coefficient (Wildman–Crippen LogP) is 5.83. The Morgan fingerprint density at radius 3 is 2.22 bits per heavy atom. The van der Waals surface area contributed by atoms with E-state index in [0.29, 0.717) is 12.2 Å². The average Bonchev–Trinajstić information content (AvgIpc) is 3.62. The predicted molar refractivity (Wildman–Crippen MR) is 124 cm³/mol. The third-order valence-electron chi connectivity index (χ3n) is 5.88. The molecular formula is C27H34O5. The van der Waals surface area contributed by atoms with Gasteiger partial charge in [0.05, 0.1) is 18.8 Å². The minimum Gasteiger partial charge on any atom is -0.494 e. The summed E-state index contributed by atoms with van der Waals surface area (Å²) in [7, 11) is 1.56. The largest absolute Gasteiger partial charge is 0.494 e. The fourth-order valence-corrected chi connectivity index (χ4v) is 3.85. The van der Waals surface area contributed by atoms with Crippen LogP contribution in [-0.2, 0) is 9.47 Å². The number of carbonyl (C=O) groups is 2. The first-order chi connectivity index (χ1) is 15.6. The monoisotopic (exact) mass is 438 g/mol. The van der Waals surface area contributed by atoms with Crippen LogP contribution in [0.5, 0.6) is 5.75 Å². The zero-order valence-corrected chi connectivity index (χ0v) is 19.2. The average molecular weight is 439 g/mol. The molecule has 1 aliphatic carbocycles. The first-order valence-electron chi connectivity index (χ1n) is 11.7. The molecule has 0 heterocycles. The van der Waals surface area contributed by atoms with Crippen molar-refractivity contribution in [1.82, 2.24) is 0 Å². The fourth-order valence-electron chi connectivity index (χ4n) is 3.85. The highest BCUT2D eigenvalue weighted by Gasteiger charge is 2.44. The molecule has 2 aromatic carbocycles. The lowest BCUT2D eigenvalue weighted by molar-refractivity contribution is 0.0388. The molecule has 0 saturated heterocycles. The van der Waals surface area contributed by atoms with Crippen molar-refractivity contribution in [2.75, 3.05) is 26.9 Å². The van der Waals surface area contributed by atoms with Gasteiger partial charge in [0.2, 0.25) is 0 Å². The van der Waals surface area contributed by atoms with Gasteiger partial charge in [-0.05, 0) is 60.7 Å². The zero-order chi connectivity index (χ0) is 22.8. The number of Topliss-reactive ketones (excluding diaryl/α,β-unsaturated/α-hetero) is 1. The highest BCUT2D eigenvalue weighted by atomic mass is 16.6. The van der Waals surface area contributed by atoms with Crippen LogP contribution < -0.4 is 4.74 Å². The van der Waals surface area contributed by atoms with Gasteiger partial charge in [0.1, 0.15) is 12.4 Å². The van der Waals surface area contributed by atoms with Crippen molar-refractivity contribution in [2.24, 2.45) is 5.92 Å². The summed E-state index contributed by atoms with van der Waals surface area (Å²) in [6.45, 7) is 3.54. The molecule has 2 aromatic rings. The van der Waals surface area contributed by atoms with Crippen LogP contribution in [0.25, 0.3) is 0 Å². The molecule has 1 fully saturated rings. The van der Waals surface area contributed by atoms with E-state index in [-0.39, 0.29) is 30.2 Å². The minimum atomic E-state index is -0.361. The van der Waals surface area contributed by atoms with Crippen molar-refractivity contribution >= 4 is 11.8 Å². The molecule has 0 amide bonds. The van der Waals surface area contributed by atoms with Crippen LogP contribution >= 0.6 is 0 Å². The Hall–Kier alpha value is -2.66. The van der Waals surface area contributed by atoms with E-state index >= 15 is 0 Å². The summed E-state index contributed by atoms with van der Waals surface area (Å²) in [4.78, 5) is 24.8.